The van der Waals surface area contributed by atoms with Crippen molar-refractivity contribution in [1.29, 1.82) is 0 Å². The Hall–Kier alpha value is -2.31. The molecule has 302 valence electrons. The van der Waals surface area contributed by atoms with Crippen molar-refractivity contribution in [3.8, 4) is 0 Å². The summed E-state index contributed by atoms with van der Waals surface area (Å²) in [4.78, 5) is 37.6. The fourth-order valence-electron chi connectivity index (χ4n) is 3.95. The zero-order valence-electron chi connectivity index (χ0n) is 27.1. The van der Waals surface area contributed by atoms with E-state index in [-0.39, 0.29) is 6.42 Å². The molecule has 18 N–H and O–H groups in total. The first-order chi connectivity index (χ1) is 23.6. The topological polar surface area (TPSA) is 443 Å². The third-order valence-corrected chi connectivity index (χ3v) is 7.85. The number of rotatable bonds is 25. The van der Waals surface area contributed by atoms with Gasteiger partial charge in [-0.25, -0.2) is 14.4 Å². The second kappa shape index (κ2) is 22.7. The Bertz CT molecular complexity index is 911. The van der Waals surface area contributed by atoms with Crippen LogP contribution in [-0.4, -0.2) is 241 Å². The van der Waals surface area contributed by atoms with Crippen molar-refractivity contribution in [1.82, 2.24) is 0 Å². The molecule has 0 aliphatic heterocycles. The van der Waals surface area contributed by atoms with Crippen molar-refractivity contribution in [3.05, 3.63) is 0 Å². The Morgan fingerprint density at radius 3 is 0.804 bits per heavy atom. The molecule has 0 aromatic carbocycles. The van der Waals surface area contributed by atoms with Crippen molar-refractivity contribution in [2.75, 3.05) is 39.6 Å². The summed E-state index contributed by atoms with van der Waals surface area (Å²) in [5, 5.41) is 175. The maximum Gasteiger partial charge on any atom is 0.337 e. The number of aliphatic hydroxyl groups excluding tert-OH is 18. The fraction of sp³-hybridized carbons (Fsp3) is 0.889. The Labute approximate surface area is 288 Å². The van der Waals surface area contributed by atoms with E-state index in [0.717, 1.165) is 0 Å². The maximum absolute atomic E-state index is 12.5. The van der Waals surface area contributed by atoms with Gasteiger partial charge >= 0.3 is 17.9 Å². The highest BCUT2D eigenvalue weighted by atomic mass is 16.6. The number of hydrogen-bond donors (Lipinski definition) is 18. The van der Waals surface area contributed by atoms with Crippen LogP contribution in [0, 0.1) is 5.41 Å². The first-order valence-corrected chi connectivity index (χ1v) is 15.1. The van der Waals surface area contributed by atoms with E-state index in [1.165, 1.54) is 6.92 Å². The number of hydrogen-bond acceptors (Lipinski definition) is 24. The van der Waals surface area contributed by atoms with E-state index in [2.05, 4.69) is 0 Å². The fourth-order valence-corrected chi connectivity index (χ4v) is 3.95. The molecule has 24 nitrogen and oxygen atoms in total. The van der Waals surface area contributed by atoms with Gasteiger partial charge in [-0.1, -0.05) is 6.92 Å². The van der Waals surface area contributed by atoms with Crippen LogP contribution >= 0.6 is 0 Å². The quantitative estimate of drug-likeness (QED) is 0.0303. The van der Waals surface area contributed by atoms with Gasteiger partial charge in [-0.2, -0.15) is 0 Å². The molecular formula is C27H50O24. The Morgan fingerprint density at radius 1 is 0.412 bits per heavy atom. The molecule has 0 aliphatic rings. The van der Waals surface area contributed by atoms with E-state index >= 15 is 0 Å². The largest absolute Gasteiger partial charge is 0.463 e. The van der Waals surface area contributed by atoms with E-state index in [4.69, 9.17) is 29.5 Å². The molecule has 15 atom stereocenters. The Balaban J connectivity index is 6.10. The van der Waals surface area contributed by atoms with Gasteiger partial charge in [-0.15, -0.1) is 0 Å². The molecular weight excluding hydrogens is 708 g/mol. The van der Waals surface area contributed by atoms with Crippen LogP contribution in [0.4, 0.5) is 0 Å². The van der Waals surface area contributed by atoms with Crippen molar-refractivity contribution in [2.45, 2.75) is 105 Å². The lowest BCUT2D eigenvalue weighted by Crippen LogP contribution is -2.53. The molecule has 0 saturated carbocycles. The third kappa shape index (κ3) is 13.9. The van der Waals surface area contributed by atoms with E-state index < -0.39 is 155 Å². The van der Waals surface area contributed by atoms with Crippen LogP contribution in [0.1, 0.15) is 13.3 Å². The summed E-state index contributed by atoms with van der Waals surface area (Å²) in [7, 11) is 0. The standard InChI is InChI=1S/C27H50O24/c1-2-27(6-49-24(46)21(43)18(40)15(37)12(34)9(31)3-28,7-50-25(47)22(44)19(41)16(38)13(35)10(32)4-29)8-51-26(48)23(45)20(42)17(39)14(36)11(33)5-30/h9-23,28-45H,2-8H2,1H3. The summed E-state index contributed by atoms with van der Waals surface area (Å²) in [6.45, 7) is -5.25. The average Bonchev–Trinajstić information content (AvgIpc) is 3.15. The number of esters is 3. The molecule has 51 heavy (non-hydrogen) atoms. The van der Waals surface area contributed by atoms with Crippen LogP contribution in [0.25, 0.3) is 0 Å². The van der Waals surface area contributed by atoms with E-state index in [1.807, 2.05) is 0 Å². The molecule has 0 rings (SSSR count). The van der Waals surface area contributed by atoms with Crippen LogP contribution in [0.3, 0.4) is 0 Å². The molecule has 0 radical (unpaired) electrons. The number of carbonyl (C=O) groups is 3. The molecule has 0 amide bonds. The van der Waals surface area contributed by atoms with Crippen LogP contribution in [0.15, 0.2) is 0 Å². The van der Waals surface area contributed by atoms with Gasteiger partial charge in [0.15, 0.2) is 18.3 Å². The minimum absolute atomic E-state index is 0.366. The van der Waals surface area contributed by atoms with Gasteiger partial charge in [-0.3, -0.25) is 0 Å². The molecule has 15 unspecified atom stereocenters. The molecule has 0 fully saturated rings. The highest BCUT2D eigenvalue weighted by Crippen LogP contribution is 2.26. The monoisotopic (exact) mass is 758 g/mol. The van der Waals surface area contributed by atoms with Crippen molar-refractivity contribution >= 4 is 17.9 Å². The van der Waals surface area contributed by atoms with Crippen LogP contribution < -0.4 is 0 Å². The molecule has 0 bridgehead atoms. The van der Waals surface area contributed by atoms with Gasteiger partial charge in [0.25, 0.3) is 0 Å². The molecule has 0 aromatic rings. The predicted molar refractivity (Wildman–Crippen MR) is 157 cm³/mol. The predicted octanol–water partition coefficient (Wildman–Crippen LogP) is -11.6. The zero-order valence-corrected chi connectivity index (χ0v) is 27.1. The second-order valence-electron chi connectivity index (χ2n) is 11.7. The highest BCUT2D eigenvalue weighted by Gasteiger charge is 2.43. The smallest absolute Gasteiger partial charge is 0.337 e. The van der Waals surface area contributed by atoms with Gasteiger partial charge in [0.1, 0.15) is 93.1 Å². The molecule has 0 aliphatic carbocycles. The first kappa shape index (κ1) is 48.7. The van der Waals surface area contributed by atoms with Crippen LogP contribution in [-0.2, 0) is 28.6 Å². The summed E-state index contributed by atoms with van der Waals surface area (Å²) in [5.41, 5.74) is -1.98. The molecule has 0 saturated heterocycles. The summed E-state index contributed by atoms with van der Waals surface area (Å²) < 4.78 is 14.7. The number of ether oxygens (including phenoxy) is 3. The lowest BCUT2D eigenvalue weighted by Gasteiger charge is -2.33. The van der Waals surface area contributed by atoms with E-state index in [1.54, 1.807) is 0 Å². The minimum atomic E-state index is -2.67. The number of carbonyl (C=O) groups excluding carboxylic acids is 3. The van der Waals surface area contributed by atoms with Crippen LogP contribution in [0.5, 0.6) is 0 Å². The summed E-state index contributed by atoms with van der Waals surface area (Å²) in [6, 6.07) is 0. The van der Waals surface area contributed by atoms with E-state index in [9.17, 15) is 91.0 Å². The third-order valence-electron chi connectivity index (χ3n) is 7.85. The Kier molecular flexibility index (Phi) is 21.7. The highest BCUT2D eigenvalue weighted by molar-refractivity contribution is 5.76. The summed E-state index contributed by atoms with van der Waals surface area (Å²) in [6.07, 6.45) is -36.2. The zero-order chi connectivity index (χ0) is 40.0. The van der Waals surface area contributed by atoms with Gasteiger partial charge in [0.2, 0.25) is 0 Å². The first-order valence-electron chi connectivity index (χ1n) is 15.1. The summed E-state index contributed by atoms with van der Waals surface area (Å²) >= 11 is 0. The second-order valence-corrected chi connectivity index (χ2v) is 11.7. The van der Waals surface area contributed by atoms with Crippen molar-refractivity contribution < 1.29 is 121 Å². The van der Waals surface area contributed by atoms with E-state index in [0.29, 0.717) is 0 Å². The van der Waals surface area contributed by atoms with Crippen LogP contribution in [0.2, 0.25) is 0 Å². The summed E-state index contributed by atoms with van der Waals surface area (Å²) in [5.74, 6) is -5.27. The Morgan fingerprint density at radius 2 is 0.627 bits per heavy atom. The van der Waals surface area contributed by atoms with Crippen molar-refractivity contribution in [2.24, 2.45) is 5.41 Å². The minimum Gasteiger partial charge on any atom is -0.463 e. The maximum atomic E-state index is 12.5. The lowest BCUT2D eigenvalue weighted by atomic mass is 9.87. The SMILES string of the molecule is CCC(COC(=O)C(O)C(O)C(O)C(O)C(O)CO)(COC(=O)C(O)C(O)C(O)C(O)C(O)CO)COC(=O)C(O)C(O)C(O)C(O)C(O)CO. The average molecular weight is 759 g/mol. The van der Waals surface area contributed by atoms with Gasteiger partial charge in [-0.05, 0) is 6.42 Å². The molecule has 0 spiro atoms. The lowest BCUT2D eigenvalue weighted by molar-refractivity contribution is -0.189. The number of aliphatic hydroxyl groups is 18. The molecule has 24 heteroatoms. The van der Waals surface area contributed by atoms with Gasteiger partial charge < -0.3 is 106 Å². The van der Waals surface area contributed by atoms with Gasteiger partial charge in [0, 0.05) is 0 Å². The van der Waals surface area contributed by atoms with Crippen molar-refractivity contribution in [3.63, 3.8) is 0 Å². The molecule has 0 aromatic heterocycles. The molecule has 0 heterocycles. The van der Waals surface area contributed by atoms with Gasteiger partial charge in [0.05, 0.1) is 25.2 Å². The normalized spacial score (nSPS) is 22.2.